The molecule has 3 rings (SSSR count). The van der Waals surface area contributed by atoms with Gasteiger partial charge in [-0.25, -0.2) is 14.0 Å². The maximum absolute atomic E-state index is 13.7. The van der Waals surface area contributed by atoms with Crippen LogP contribution in [0.25, 0.3) is 11.0 Å². The van der Waals surface area contributed by atoms with Crippen molar-refractivity contribution < 1.29 is 23.1 Å². The molecule has 7 heteroatoms. The van der Waals surface area contributed by atoms with Crippen LogP contribution in [0, 0.1) is 5.82 Å². The van der Waals surface area contributed by atoms with E-state index in [4.69, 9.17) is 13.9 Å². The van der Waals surface area contributed by atoms with Gasteiger partial charge in [-0.1, -0.05) is 15.9 Å². The Morgan fingerprint density at radius 1 is 1.20 bits per heavy atom. The van der Waals surface area contributed by atoms with Crippen molar-refractivity contribution in [2.24, 2.45) is 0 Å². The molecule has 0 amide bonds. The van der Waals surface area contributed by atoms with Crippen LogP contribution in [-0.2, 0) is 11.3 Å². The van der Waals surface area contributed by atoms with Crippen LogP contribution in [0.2, 0.25) is 0 Å². The molecule has 2 aromatic carbocycles. The Morgan fingerprint density at radius 2 is 2.00 bits per heavy atom. The highest BCUT2D eigenvalue weighted by molar-refractivity contribution is 9.10. The molecular formula is C18H12BrFO5. The molecule has 0 fully saturated rings. The first-order valence-corrected chi connectivity index (χ1v) is 8.00. The van der Waals surface area contributed by atoms with Crippen LogP contribution in [0.5, 0.6) is 5.75 Å². The number of hydrogen-bond acceptors (Lipinski definition) is 5. The molecule has 0 spiro atoms. The molecule has 1 heterocycles. The number of hydrogen-bond donors (Lipinski definition) is 0. The Kier molecular flexibility index (Phi) is 4.85. The van der Waals surface area contributed by atoms with Crippen molar-refractivity contribution in [3.05, 3.63) is 74.3 Å². The van der Waals surface area contributed by atoms with E-state index in [0.29, 0.717) is 26.8 Å². The Labute approximate surface area is 150 Å². The summed E-state index contributed by atoms with van der Waals surface area (Å²) in [7, 11) is 1.50. The summed E-state index contributed by atoms with van der Waals surface area (Å²) in [5.74, 6) is -0.981. The minimum absolute atomic E-state index is 0.191. The van der Waals surface area contributed by atoms with Crippen molar-refractivity contribution in [1.82, 2.24) is 0 Å². The second kappa shape index (κ2) is 7.06. The molecule has 0 aliphatic rings. The summed E-state index contributed by atoms with van der Waals surface area (Å²) in [5, 5.41) is 0.600. The SMILES string of the molecule is COc1ccc2c(COC(=O)c3cc(Br)ccc3F)cc(=O)oc2c1. The normalized spacial score (nSPS) is 10.7. The zero-order valence-electron chi connectivity index (χ0n) is 13.0. The van der Waals surface area contributed by atoms with Gasteiger partial charge in [-0.2, -0.15) is 0 Å². The summed E-state index contributed by atoms with van der Waals surface area (Å²) in [5.41, 5.74) is -0.00653. The first-order chi connectivity index (χ1) is 12.0. The van der Waals surface area contributed by atoms with Crippen LogP contribution < -0.4 is 10.4 Å². The first kappa shape index (κ1) is 17.2. The number of fused-ring (bicyclic) bond motifs is 1. The molecule has 0 atom stereocenters. The van der Waals surface area contributed by atoms with Gasteiger partial charge in [0.2, 0.25) is 0 Å². The predicted octanol–water partition coefficient (Wildman–Crippen LogP) is 4.06. The van der Waals surface area contributed by atoms with Gasteiger partial charge < -0.3 is 13.9 Å². The van der Waals surface area contributed by atoms with E-state index < -0.39 is 17.4 Å². The Morgan fingerprint density at radius 3 is 2.76 bits per heavy atom. The zero-order valence-corrected chi connectivity index (χ0v) is 14.6. The quantitative estimate of drug-likeness (QED) is 0.482. The van der Waals surface area contributed by atoms with Gasteiger partial charge in [-0.15, -0.1) is 0 Å². The maximum Gasteiger partial charge on any atom is 0.341 e. The van der Waals surface area contributed by atoms with E-state index in [1.54, 1.807) is 18.2 Å². The van der Waals surface area contributed by atoms with Crippen molar-refractivity contribution in [2.45, 2.75) is 6.61 Å². The molecule has 0 aliphatic carbocycles. The first-order valence-electron chi connectivity index (χ1n) is 7.21. The maximum atomic E-state index is 13.7. The number of halogens is 2. The highest BCUT2D eigenvalue weighted by Crippen LogP contribution is 2.23. The third-order valence-corrected chi connectivity index (χ3v) is 4.04. The number of carbonyl (C=O) groups is 1. The summed E-state index contributed by atoms with van der Waals surface area (Å²) in [6.07, 6.45) is 0. The van der Waals surface area contributed by atoms with Gasteiger partial charge >= 0.3 is 11.6 Å². The summed E-state index contributed by atoms with van der Waals surface area (Å²) >= 11 is 3.18. The lowest BCUT2D eigenvalue weighted by Crippen LogP contribution is -2.09. The van der Waals surface area contributed by atoms with Gasteiger partial charge in [0.05, 0.1) is 12.7 Å². The van der Waals surface area contributed by atoms with Crippen LogP contribution >= 0.6 is 15.9 Å². The minimum atomic E-state index is -0.825. The van der Waals surface area contributed by atoms with Crippen molar-refractivity contribution in [3.8, 4) is 5.75 Å². The molecule has 0 radical (unpaired) electrons. The van der Waals surface area contributed by atoms with Gasteiger partial charge in [-0.3, -0.25) is 0 Å². The molecule has 5 nitrogen and oxygen atoms in total. The largest absolute Gasteiger partial charge is 0.497 e. The standard InChI is InChI=1S/C18H12BrFO5/c1-23-12-3-4-13-10(6-17(21)25-16(13)8-12)9-24-18(22)14-7-11(19)2-5-15(14)20/h2-8H,9H2,1H3. The van der Waals surface area contributed by atoms with Gasteiger partial charge in [0.1, 0.15) is 23.8 Å². The number of methoxy groups -OCH3 is 1. The summed E-state index contributed by atoms with van der Waals surface area (Å²) in [6, 6.07) is 10.2. The molecule has 25 heavy (non-hydrogen) atoms. The molecule has 1 aromatic heterocycles. The van der Waals surface area contributed by atoms with E-state index in [2.05, 4.69) is 15.9 Å². The Hall–Kier alpha value is -2.67. The molecule has 0 saturated heterocycles. The molecule has 3 aromatic rings. The van der Waals surface area contributed by atoms with E-state index in [0.717, 1.165) is 0 Å². The smallest absolute Gasteiger partial charge is 0.341 e. The van der Waals surface area contributed by atoms with E-state index in [1.807, 2.05) is 0 Å². The predicted molar refractivity (Wildman–Crippen MR) is 92.3 cm³/mol. The number of carbonyl (C=O) groups excluding carboxylic acids is 1. The summed E-state index contributed by atoms with van der Waals surface area (Å²) < 4.78 is 29.7. The lowest BCUT2D eigenvalue weighted by molar-refractivity contribution is 0.0468. The lowest BCUT2D eigenvalue weighted by Gasteiger charge is -2.09. The van der Waals surface area contributed by atoms with Crippen molar-refractivity contribution >= 4 is 32.9 Å². The fraction of sp³-hybridized carbons (Fsp3) is 0.111. The monoisotopic (exact) mass is 406 g/mol. The lowest BCUT2D eigenvalue weighted by atomic mass is 10.1. The fourth-order valence-electron chi connectivity index (χ4n) is 2.33. The molecule has 0 N–H and O–H groups in total. The third-order valence-electron chi connectivity index (χ3n) is 3.54. The van der Waals surface area contributed by atoms with Crippen LogP contribution in [0.15, 0.2) is 56.1 Å². The number of esters is 1. The number of benzene rings is 2. The topological polar surface area (TPSA) is 65.7 Å². The molecule has 0 bridgehead atoms. The van der Waals surface area contributed by atoms with Crippen LogP contribution in [0.1, 0.15) is 15.9 Å². The van der Waals surface area contributed by atoms with Gasteiger partial charge in [0.25, 0.3) is 0 Å². The highest BCUT2D eigenvalue weighted by atomic mass is 79.9. The fourth-order valence-corrected chi connectivity index (χ4v) is 2.69. The molecule has 0 unspecified atom stereocenters. The van der Waals surface area contributed by atoms with Crippen molar-refractivity contribution in [3.63, 3.8) is 0 Å². The van der Waals surface area contributed by atoms with Crippen LogP contribution in [-0.4, -0.2) is 13.1 Å². The van der Waals surface area contributed by atoms with Crippen LogP contribution in [0.4, 0.5) is 4.39 Å². The van der Waals surface area contributed by atoms with Gasteiger partial charge in [-0.05, 0) is 30.3 Å². The van der Waals surface area contributed by atoms with Gasteiger partial charge in [0, 0.05) is 27.6 Å². The second-order valence-electron chi connectivity index (χ2n) is 5.15. The van der Waals surface area contributed by atoms with Crippen molar-refractivity contribution in [2.75, 3.05) is 7.11 Å². The molecule has 128 valence electrons. The van der Waals surface area contributed by atoms with E-state index in [-0.39, 0.29) is 12.2 Å². The van der Waals surface area contributed by atoms with E-state index >= 15 is 0 Å². The average molecular weight is 407 g/mol. The summed E-state index contributed by atoms with van der Waals surface area (Å²) in [4.78, 5) is 23.8. The van der Waals surface area contributed by atoms with Gasteiger partial charge in [0.15, 0.2) is 0 Å². The second-order valence-corrected chi connectivity index (χ2v) is 6.07. The van der Waals surface area contributed by atoms with E-state index in [9.17, 15) is 14.0 Å². The summed E-state index contributed by atoms with van der Waals surface area (Å²) in [6.45, 7) is -0.195. The Bertz CT molecular complexity index is 1010. The van der Waals surface area contributed by atoms with E-state index in [1.165, 1.54) is 31.4 Å². The molecule has 0 saturated carbocycles. The average Bonchev–Trinajstić information content (AvgIpc) is 2.60. The third kappa shape index (κ3) is 3.71. The number of ether oxygens (including phenoxy) is 2. The molecule has 0 aliphatic heterocycles. The minimum Gasteiger partial charge on any atom is -0.497 e. The number of rotatable bonds is 4. The highest BCUT2D eigenvalue weighted by Gasteiger charge is 2.15. The Balaban J connectivity index is 1.89. The zero-order chi connectivity index (χ0) is 18.0. The van der Waals surface area contributed by atoms with Crippen molar-refractivity contribution in [1.29, 1.82) is 0 Å². The van der Waals surface area contributed by atoms with Crippen LogP contribution in [0.3, 0.4) is 0 Å². The molecular weight excluding hydrogens is 395 g/mol.